The normalized spacial score (nSPS) is 15.3. The van der Waals surface area contributed by atoms with Crippen molar-refractivity contribution < 1.29 is 9.59 Å². The monoisotopic (exact) mass is 380 g/mol. The molecule has 0 fully saturated rings. The molecule has 2 N–H and O–H groups in total. The van der Waals surface area contributed by atoms with Gasteiger partial charge in [0.25, 0.3) is 5.91 Å². The second-order valence-corrected chi connectivity index (χ2v) is 6.87. The zero-order valence-corrected chi connectivity index (χ0v) is 15.3. The highest BCUT2D eigenvalue weighted by molar-refractivity contribution is 6.33. The van der Waals surface area contributed by atoms with Crippen molar-refractivity contribution in [1.29, 1.82) is 0 Å². The first kappa shape index (κ1) is 17.3. The number of amides is 2. The third kappa shape index (κ3) is 3.31. The van der Waals surface area contributed by atoms with Gasteiger partial charge in [-0.2, -0.15) is 5.10 Å². The lowest BCUT2D eigenvalue weighted by molar-refractivity contribution is -0.123. The summed E-state index contributed by atoms with van der Waals surface area (Å²) in [6, 6.07) is 14.4. The van der Waals surface area contributed by atoms with E-state index < -0.39 is 6.04 Å². The number of hydrogen-bond donors (Lipinski definition) is 2. The van der Waals surface area contributed by atoms with Crippen molar-refractivity contribution in [1.82, 2.24) is 9.78 Å². The lowest BCUT2D eigenvalue weighted by Crippen LogP contribution is -2.23. The molecule has 0 aliphatic carbocycles. The number of fused-ring (bicyclic) bond motifs is 1. The van der Waals surface area contributed by atoms with Gasteiger partial charge in [0, 0.05) is 5.56 Å². The average Bonchev–Trinajstić information content (AvgIpc) is 3.18. The molecule has 0 spiro atoms. The highest BCUT2D eigenvalue weighted by Gasteiger charge is 2.35. The van der Waals surface area contributed by atoms with Gasteiger partial charge in [0.15, 0.2) is 0 Å². The van der Waals surface area contributed by atoms with Crippen LogP contribution in [0.4, 0.5) is 11.5 Å². The van der Waals surface area contributed by atoms with Gasteiger partial charge >= 0.3 is 0 Å². The van der Waals surface area contributed by atoms with E-state index in [0.29, 0.717) is 16.5 Å². The number of carbonyl (C=O) groups is 2. The Labute approximate surface area is 161 Å². The maximum absolute atomic E-state index is 12.4. The number of halogens is 1. The van der Waals surface area contributed by atoms with Crippen LogP contribution in [-0.4, -0.2) is 21.6 Å². The van der Waals surface area contributed by atoms with Crippen LogP contribution >= 0.6 is 11.6 Å². The van der Waals surface area contributed by atoms with Crippen molar-refractivity contribution in [2.75, 3.05) is 10.6 Å². The van der Waals surface area contributed by atoms with Crippen LogP contribution in [0.3, 0.4) is 0 Å². The first-order chi connectivity index (χ1) is 13.0. The number of benzene rings is 2. The topological polar surface area (TPSA) is 76.0 Å². The fourth-order valence-corrected chi connectivity index (χ4v) is 3.42. The summed E-state index contributed by atoms with van der Waals surface area (Å²) < 4.78 is 1.57. The first-order valence-corrected chi connectivity index (χ1v) is 8.90. The lowest BCUT2D eigenvalue weighted by Gasteiger charge is -2.11. The Kier molecular flexibility index (Phi) is 4.41. The number of aryl methyl sites for hydroxylation is 1. The van der Waals surface area contributed by atoms with Gasteiger partial charge in [-0.25, -0.2) is 4.68 Å². The third-order valence-corrected chi connectivity index (χ3v) is 4.81. The number of rotatable bonds is 4. The Bertz CT molecular complexity index is 1030. The molecule has 2 amide bonds. The SMILES string of the molecule is Cc1ccc(NC(=O)CC2C(=O)Nc3c(-c4ccccc4)cnn32)c(Cl)c1. The molecule has 1 unspecified atom stereocenters. The van der Waals surface area contributed by atoms with Gasteiger partial charge in [-0.15, -0.1) is 0 Å². The van der Waals surface area contributed by atoms with E-state index in [0.717, 1.165) is 16.7 Å². The Morgan fingerprint density at radius 3 is 2.78 bits per heavy atom. The van der Waals surface area contributed by atoms with E-state index in [4.69, 9.17) is 11.6 Å². The third-order valence-electron chi connectivity index (χ3n) is 4.50. The van der Waals surface area contributed by atoms with E-state index >= 15 is 0 Å². The molecule has 0 saturated heterocycles. The van der Waals surface area contributed by atoms with E-state index in [1.807, 2.05) is 43.3 Å². The quantitative estimate of drug-likeness (QED) is 0.717. The molecule has 0 bridgehead atoms. The summed E-state index contributed by atoms with van der Waals surface area (Å²) in [5, 5.41) is 10.4. The molecule has 0 saturated carbocycles. The predicted octanol–water partition coefficient (Wildman–Crippen LogP) is 4.03. The summed E-state index contributed by atoms with van der Waals surface area (Å²) in [5.41, 5.74) is 3.31. The number of nitrogens with zero attached hydrogens (tertiary/aromatic N) is 2. The number of nitrogens with one attached hydrogen (secondary N) is 2. The molecule has 1 aliphatic heterocycles. The van der Waals surface area contributed by atoms with E-state index in [1.165, 1.54) is 0 Å². The molecule has 1 atom stereocenters. The molecule has 4 rings (SSSR count). The maximum atomic E-state index is 12.4. The van der Waals surface area contributed by atoms with Crippen LogP contribution in [0.1, 0.15) is 18.0 Å². The largest absolute Gasteiger partial charge is 0.325 e. The molecule has 6 nitrogen and oxygen atoms in total. The summed E-state index contributed by atoms with van der Waals surface area (Å²) in [6.45, 7) is 1.92. The van der Waals surface area contributed by atoms with Crippen molar-refractivity contribution in [3.8, 4) is 11.1 Å². The van der Waals surface area contributed by atoms with Gasteiger partial charge in [-0.3, -0.25) is 9.59 Å². The van der Waals surface area contributed by atoms with E-state index in [1.54, 1.807) is 23.0 Å². The van der Waals surface area contributed by atoms with Crippen LogP contribution in [-0.2, 0) is 9.59 Å². The van der Waals surface area contributed by atoms with Crippen LogP contribution in [0.2, 0.25) is 5.02 Å². The van der Waals surface area contributed by atoms with Crippen LogP contribution in [0.25, 0.3) is 11.1 Å². The summed E-state index contributed by atoms with van der Waals surface area (Å²) in [4.78, 5) is 24.8. The number of hydrogen-bond acceptors (Lipinski definition) is 3. The van der Waals surface area contributed by atoms with Crippen LogP contribution in [0.15, 0.2) is 54.7 Å². The van der Waals surface area contributed by atoms with E-state index in [9.17, 15) is 9.59 Å². The summed E-state index contributed by atoms with van der Waals surface area (Å²) in [7, 11) is 0. The molecule has 136 valence electrons. The zero-order chi connectivity index (χ0) is 19.0. The van der Waals surface area contributed by atoms with Crippen LogP contribution in [0.5, 0.6) is 0 Å². The van der Waals surface area contributed by atoms with Crippen molar-refractivity contribution >= 4 is 34.9 Å². The summed E-state index contributed by atoms with van der Waals surface area (Å²) >= 11 is 6.16. The molecular formula is C20H17ClN4O2. The lowest BCUT2D eigenvalue weighted by atomic mass is 10.1. The highest BCUT2D eigenvalue weighted by atomic mass is 35.5. The minimum Gasteiger partial charge on any atom is -0.325 e. The van der Waals surface area contributed by atoms with Crippen molar-refractivity contribution in [2.24, 2.45) is 0 Å². The average molecular weight is 381 g/mol. The zero-order valence-electron chi connectivity index (χ0n) is 14.6. The van der Waals surface area contributed by atoms with Gasteiger partial charge in [0.1, 0.15) is 11.9 Å². The molecule has 0 radical (unpaired) electrons. The van der Waals surface area contributed by atoms with Gasteiger partial charge in [-0.05, 0) is 30.2 Å². The Morgan fingerprint density at radius 2 is 2.04 bits per heavy atom. The number of carbonyl (C=O) groups excluding carboxylic acids is 2. The first-order valence-electron chi connectivity index (χ1n) is 8.53. The predicted molar refractivity (Wildman–Crippen MR) is 105 cm³/mol. The van der Waals surface area contributed by atoms with Gasteiger partial charge in [0.05, 0.1) is 23.3 Å². The fourth-order valence-electron chi connectivity index (χ4n) is 3.14. The molecule has 27 heavy (non-hydrogen) atoms. The second kappa shape index (κ2) is 6.89. The Morgan fingerprint density at radius 1 is 1.26 bits per heavy atom. The smallest absolute Gasteiger partial charge is 0.251 e. The Hall–Kier alpha value is -3.12. The summed E-state index contributed by atoms with van der Waals surface area (Å²) in [5.74, 6) is 0.0586. The number of aromatic nitrogens is 2. The summed E-state index contributed by atoms with van der Waals surface area (Å²) in [6.07, 6.45) is 1.67. The van der Waals surface area contributed by atoms with Gasteiger partial charge in [0.2, 0.25) is 5.91 Å². The molecule has 1 aromatic heterocycles. The highest BCUT2D eigenvalue weighted by Crippen LogP contribution is 2.35. The Balaban J connectivity index is 1.53. The van der Waals surface area contributed by atoms with Crippen molar-refractivity contribution in [3.63, 3.8) is 0 Å². The van der Waals surface area contributed by atoms with Crippen molar-refractivity contribution in [3.05, 3.63) is 65.3 Å². The molecule has 7 heteroatoms. The van der Waals surface area contributed by atoms with Gasteiger partial charge < -0.3 is 10.6 Å². The van der Waals surface area contributed by atoms with Crippen LogP contribution in [0, 0.1) is 6.92 Å². The maximum Gasteiger partial charge on any atom is 0.251 e. The minimum absolute atomic E-state index is 0.0288. The second-order valence-electron chi connectivity index (χ2n) is 6.46. The number of anilines is 2. The molecule has 2 heterocycles. The van der Waals surface area contributed by atoms with Gasteiger partial charge in [-0.1, -0.05) is 48.0 Å². The fraction of sp³-hybridized carbons (Fsp3) is 0.150. The molecule has 3 aromatic rings. The van der Waals surface area contributed by atoms with E-state index in [2.05, 4.69) is 15.7 Å². The molecule has 1 aliphatic rings. The molecule has 2 aromatic carbocycles. The van der Waals surface area contributed by atoms with Crippen molar-refractivity contribution in [2.45, 2.75) is 19.4 Å². The molecular weight excluding hydrogens is 364 g/mol. The van der Waals surface area contributed by atoms with Crippen LogP contribution < -0.4 is 10.6 Å². The van der Waals surface area contributed by atoms with E-state index in [-0.39, 0.29) is 18.2 Å². The minimum atomic E-state index is -0.693. The standard InChI is InChI=1S/C20H17ClN4O2/c1-12-7-8-16(15(21)9-12)23-18(26)10-17-20(27)24-19-14(11-22-25(17)19)13-5-3-2-4-6-13/h2-9,11,17H,10H2,1H3,(H,23,26)(H,24,27).